The van der Waals surface area contributed by atoms with Crippen LogP contribution in [0.1, 0.15) is 22.3 Å². The number of alkyl halides is 3. The number of ether oxygens (including phenoxy) is 1. The van der Waals surface area contributed by atoms with E-state index in [4.69, 9.17) is 16.7 Å². The summed E-state index contributed by atoms with van der Waals surface area (Å²) in [6, 6.07) is 17.9. The molecule has 1 heterocycles. The van der Waals surface area contributed by atoms with E-state index in [1.807, 2.05) is 18.2 Å². The summed E-state index contributed by atoms with van der Waals surface area (Å²) in [5.41, 5.74) is 5.70. The topological polar surface area (TPSA) is 90.8 Å². The number of benzene rings is 3. The number of nitrogens with zero attached hydrogens (tertiary/aromatic N) is 3. The molecule has 0 N–H and O–H groups in total. The minimum atomic E-state index is -4.75. The second kappa shape index (κ2) is 10.8. The molecule has 0 atom stereocenters. The first-order chi connectivity index (χ1) is 18.7. The molecule has 3 aromatic carbocycles. The van der Waals surface area contributed by atoms with Crippen LogP contribution in [0, 0.1) is 10.1 Å². The van der Waals surface area contributed by atoms with Gasteiger partial charge >= 0.3 is 6.36 Å². The van der Waals surface area contributed by atoms with Gasteiger partial charge in [0.1, 0.15) is 11.4 Å². The Morgan fingerprint density at radius 3 is 2.64 bits per heavy atom. The summed E-state index contributed by atoms with van der Waals surface area (Å²) in [7, 11) is 0. The van der Waals surface area contributed by atoms with Crippen LogP contribution in [0.5, 0.6) is 5.75 Å². The van der Waals surface area contributed by atoms with Gasteiger partial charge in [-0.25, -0.2) is 0 Å². The molecule has 0 saturated carbocycles. The van der Waals surface area contributed by atoms with Crippen molar-refractivity contribution in [2.75, 3.05) is 6.54 Å². The molecule has 39 heavy (non-hydrogen) atoms. The average Bonchev–Trinajstić information content (AvgIpc) is 3.33. The van der Waals surface area contributed by atoms with Gasteiger partial charge in [-0.3, -0.25) is 15.1 Å². The lowest BCUT2D eigenvalue weighted by atomic mass is 9.87. The largest absolute Gasteiger partial charge is 0.573 e. The fourth-order valence-corrected chi connectivity index (χ4v) is 4.77. The van der Waals surface area contributed by atoms with E-state index in [0.29, 0.717) is 40.3 Å². The van der Waals surface area contributed by atoms with Crippen LogP contribution in [0.15, 0.2) is 76.2 Å². The van der Waals surface area contributed by atoms with Gasteiger partial charge in [0.15, 0.2) is 5.76 Å². The molecule has 0 saturated heterocycles. The fourth-order valence-electron chi connectivity index (χ4n) is 4.54. The van der Waals surface area contributed by atoms with E-state index in [1.54, 1.807) is 24.4 Å². The molecule has 7 nitrogen and oxygen atoms in total. The van der Waals surface area contributed by atoms with Crippen LogP contribution in [0.3, 0.4) is 0 Å². The van der Waals surface area contributed by atoms with Crippen molar-refractivity contribution in [2.45, 2.75) is 25.6 Å². The molecule has 198 valence electrons. The highest BCUT2D eigenvalue weighted by molar-refractivity contribution is 7.80. The van der Waals surface area contributed by atoms with Crippen molar-refractivity contribution in [1.29, 1.82) is 0 Å². The highest BCUT2D eigenvalue weighted by atomic mass is 32.1. The van der Waals surface area contributed by atoms with Gasteiger partial charge < -0.3 is 9.26 Å². The van der Waals surface area contributed by atoms with Crippen LogP contribution < -0.4 is 4.74 Å². The van der Waals surface area contributed by atoms with Crippen molar-refractivity contribution in [3.63, 3.8) is 0 Å². The first kappa shape index (κ1) is 26.2. The van der Waals surface area contributed by atoms with Crippen LogP contribution in [-0.2, 0) is 19.3 Å². The van der Waals surface area contributed by atoms with Crippen LogP contribution in [0.2, 0.25) is 0 Å². The van der Waals surface area contributed by atoms with Gasteiger partial charge in [0.2, 0.25) is 0 Å². The van der Waals surface area contributed by atoms with Crippen molar-refractivity contribution in [1.82, 2.24) is 5.16 Å². The van der Waals surface area contributed by atoms with Crippen molar-refractivity contribution in [2.24, 2.45) is 4.99 Å². The first-order valence-corrected chi connectivity index (χ1v) is 12.3. The molecule has 4 aromatic rings. The van der Waals surface area contributed by atoms with Crippen LogP contribution >= 0.6 is 12.2 Å². The maximum Gasteiger partial charge on any atom is 0.573 e. The maximum atomic E-state index is 12.4. The van der Waals surface area contributed by atoms with Gasteiger partial charge in [-0.05, 0) is 54.3 Å². The first-order valence-electron chi connectivity index (χ1n) is 11.9. The van der Waals surface area contributed by atoms with Crippen molar-refractivity contribution < 1.29 is 27.4 Å². The maximum absolute atomic E-state index is 12.4. The van der Waals surface area contributed by atoms with E-state index in [-0.39, 0.29) is 18.0 Å². The normalized spacial score (nSPS) is 12.7. The predicted octanol–water partition coefficient (Wildman–Crippen LogP) is 6.95. The number of hydrogen-bond acceptors (Lipinski definition) is 7. The molecule has 5 rings (SSSR count). The summed E-state index contributed by atoms with van der Waals surface area (Å²) in [6.45, 7) is 0.266. The number of hydrogen-bond donors (Lipinski definition) is 0. The molecule has 1 aliphatic carbocycles. The van der Waals surface area contributed by atoms with Crippen LogP contribution in [0.4, 0.5) is 18.9 Å². The highest BCUT2D eigenvalue weighted by Crippen LogP contribution is 2.39. The van der Waals surface area contributed by atoms with E-state index in [2.05, 4.69) is 14.9 Å². The Kier molecular flexibility index (Phi) is 7.25. The molecule has 0 aliphatic heterocycles. The summed E-state index contributed by atoms with van der Waals surface area (Å²) in [6.07, 6.45) is -1.35. The average molecular weight is 552 g/mol. The van der Waals surface area contributed by atoms with Gasteiger partial charge in [-0.1, -0.05) is 47.7 Å². The molecule has 0 amide bonds. The number of thiocarbonyl (C=S) groups is 1. The smallest absolute Gasteiger partial charge is 0.406 e. The van der Waals surface area contributed by atoms with E-state index >= 15 is 0 Å². The van der Waals surface area contributed by atoms with Gasteiger partial charge in [0, 0.05) is 45.8 Å². The number of nitro groups is 1. The van der Waals surface area contributed by atoms with Gasteiger partial charge in [0.05, 0.1) is 11.5 Å². The number of aliphatic imine (C=N–C) groups is 1. The van der Waals surface area contributed by atoms with Crippen LogP contribution in [-0.4, -0.2) is 34.1 Å². The van der Waals surface area contributed by atoms with Crippen molar-refractivity contribution in [3.8, 4) is 28.3 Å². The lowest BCUT2D eigenvalue weighted by molar-refractivity contribution is -0.385. The third-order valence-electron chi connectivity index (χ3n) is 6.25. The van der Waals surface area contributed by atoms with E-state index < -0.39 is 11.3 Å². The minimum absolute atomic E-state index is 0.0429. The van der Waals surface area contributed by atoms with E-state index in [0.717, 1.165) is 28.7 Å². The molecule has 0 fully saturated rings. The zero-order valence-corrected chi connectivity index (χ0v) is 21.1. The van der Waals surface area contributed by atoms with Crippen LogP contribution in [0.25, 0.3) is 22.6 Å². The molecule has 11 heteroatoms. The Labute approximate surface area is 226 Å². The SMILES string of the molecule is O=[N+]([O-])c1ccccc1CC(=S)CN=Cc1ccc2c(c1)CCc1c-2noc1-c1ccc(OC(F)(F)F)cc1. The standard InChI is InChI=1S/C28H20F3N3O4S/c29-28(30,31)37-21-9-6-18(7-10-21)27-24-12-8-19-13-17(5-11-23(19)26(24)33-38-27)15-32-16-22(39)14-20-3-1-2-4-25(20)34(35)36/h1-7,9-11,13,15H,8,12,14,16H2. The number of nitro benzene ring substituents is 1. The summed E-state index contributed by atoms with van der Waals surface area (Å²) in [5, 5.41) is 15.5. The molecule has 1 aromatic heterocycles. The number of para-hydroxylation sites is 1. The molecule has 0 radical (unpaired) electrons. The predicted molar refractivity (Wildman–Crippen MR) is 143 cm³/mol. The second-order valence-corrected chi connectivity index (χ2v) is 9.48. The lowest BCUT2D eigenvalue weighted by Crippen LogP contribution is -2.16. The molecular formula is C28H20F3N3O4S. The molecule has 0 unspecified atom stereocenters. The molecule has 0 spiro atoms. The Hall–Kier alpha value is -4.38. The zero-order valence-electron chi connectivity index (χ0n) is 20.3. The lowest BCUT2D eigenvalue weighted by Gasteiger charge is -2.16. The quantitative estimate of drug-likeness (QED) is 0.102. The Bertz CT molecular complexity index is 1580. The Balaban J connectivity index is 1.27. The number of halogens is 3. The summed E-state index contributed by atoms with van der Waals surface area (Å²) in [5.74, 6) is 0.216. The zero-order chi connectivity index (χ0) is 27.6. The van der Waals surface area contributed by atoms with E-state index in [9.17, 15) is 23.3 Å². The monoisotopic (exact) mass is 551 g/mol. The van der Waals surface area contributed by atoms with Gasteiger partial charge in [0.25, 0.3) is 5.69 Å². The van der Waals surface area contributed by atoms with Gasteiger partial charge in [-0.15, -0.1) is 13.2 Å². The fraction of sp³-hybridized carbons (Fsp3) is 0.179. The molecular weight excluding hydrogens is 531 g/mol. The third-order valence-corrected chi connectivity index (χ3v) is 6.52. The summed E-state index contributed by atoms with van der Waals surface area (Å²) < 4.78 is 46.9. The number of rotatable bonds is 8. The number of aromatic nitrogens is 1. The van der Waals surface area contributed by atoms with Crippen molar-refractivity contribution >= 4 is 29.0 Å². The summed E-state index contributed by atoms with van der Waals surface area (Å²) in [4.78, 5) is 15.8. The third kappa shape index (κ3) is 6.04. The molecule has 1 aliphatic rings. The van der Waals surface area contributed by atoms with Crippen molar-refractivity contribution in [3.05, 3.63) is 99.1 Å². The number of fused-ring (bicyclic) bond motifs is 3. The van der Waals surface area contributed by atoms with Gasteiger partial charge in [-0.2, -0.15) is 0 Å². The van der Waals surface area contributed by atoms with E-state index in [1.165, 1.54) is 30.3 Å². The summed E-state index contributed by atoms with van der Waals surface area (Å²) >= 11 is 5.40. The Morgan fingerprint density at radius 1 is 1.13 bits per heavy atom. The minimum Gasteiger partial charge on any atom is -0.406 e. The second-order valence-electron chi connectivity index (χ2n) is 8.90. The molecule has 0 bridgehead atoms. The Morgan fingerprint density at radius 2 is 1.90 bits per heavy atom. The highest BCUT2D eigenvalue weighted by Gasteiger charge is 2.31. The number of aryl methyl sites for hydroxylation is 1.